The predicted octanol–water partition coefficient (Wildman–Crippen LogP) is 5.94. The van der Waals surface area contributed by atoms with Gasteiger partial charge in [0.05, 0.1) is 11.1 Å². The van der Waals surface area contributed by atoms with Crippen LogP contribution < -0.4 is 9.64 Å². The van der Waals surface area contributed by atoms with Gasteiger partial charge in [0.2, 0.25) is 5.91 Å². The number of phenols is 1. The van der Waals surface area contributed by atoms with E-state index in [1.807, 2.05) is 35.2 Å². The first-order chi connectivity index (χ1) is 19.5. The molecule has 3 aliphatic rings. The van der Waals surface area contributed by atoms with Crippen LogP contribution in [0.4, 0.5) is 5.82 Å². The summed E-state index contributed by atoms with van der Waals surface area (Å²) in [4.78, 5) is 27.5. The summed E-state index contributed by atoms with van der Waals surface area (Å²) >= 11 is 1.80. The van der Waals surface area contributed by atoms with E-state index in [1.165, 1.54) is 12.8 Å². The fourth-order valence-electron chi connectivity index (χ4n) is 6.94. The molecule has 3 aromatic carbocycles. The molecule has 0 radical (unpaired) electrons. The van der Waals surface area contributed by atoms with Gasteiger partial charge in [0.1, 0.15) is 18.2 Å². The molecule has 4 heterocycles. The first-order valence-electron chi connectivity index (χ1n) is 14.3. The Labute approximate surface area is 238 Å². The Morgan fingerprint density at radius 2 is 1.80 bits per heavy atom. The lowest BCUT2D eigenvalue weighted by Gasteiger charge is -2.31. The number of phenolic OH excluding ortho intramolecular Hbond substituents is 1. The minimum Gasteiger partial charge on any atom is -0.508 e. The Bertz CT molecular complexity index is 1610. The number of aromatic hydroxyl groups is 1. The van der Waals surface area contributed by atoms with Crippen LogP contribution >= 0.6 is 11.8 Å². The second-order valence-corrected chi connectivity index (χ2v) is 12.5. The molecule has 3 saturated heterocycles. The van der Waals surface area contributed by atoms with Crippen LogP contribution in [0, 0.1) is 6.92 Å². The molecule has 0 unspecified atom stereocenters. The molecule has 0 saturated carbocycles. The lowest BCUT2D eigenvalue weighted by Crippen LogP contribution is -2.43. The van der Waals surface area contributed by atoms with Crippen molar-refractivity contribution in [3.63, 3.8) is 0 Å². The molecule has 0 bridgehead atoms. The van der Waals surface area contributed by atoms with Gasteiger partial charge < -0.3 is 9.84 Å². The standard InChI is InChI=1S/C32H34N4O3S/c1-21-24(27-19-23(37)18-22-6-2-3-7-25(22)27)8-9-26-29(21)33-31(34-30(26)36-15-17-40-16-10-28(36)38)39-20-32-11-4-13-35(32)14-5-12-32/h2-3,6-9,18-19,37H,4-5,10-17,20H2,1H3. The number of thioether (sulfide) groups is 1. The molecular weight excluding hydrogens is 520 g/mol. The quantitative estimate of drug-likeness (QED) is 0.327. The summed E-state index contributed by atoms with van der Waals surface area (Å²) in [6, 6.07) is 16.1. The van der Waals surface area contributed by atoms with Gasteiger partial charge in [-0.1, -0.05) is 30.3 Å². The van der Waals surface area contributed by atoms with Gasteiger partial charge in [0.25, 0.3) is 0 Å². The minimum atomic E-state index is 0.0743. The van der Waals surface area contributed by atoms with Crippen molar-refractivity contribution in [1.29, 1.82) is 0 Å². The van der Waals surface area contributed by atoms with Crippen molar-refractivity contribution in [3.8, 4) is 22.9 Å². The van der Waals surface area contributed by atoms with E-state index in [9.17, 15) is 9.90 Å². The first kappa shape index (κ1) is 25.6. The lowest BCUT2D eigenvalue weighted by molar-refractivity contribution is -0.118. The molecule has 1 aromatic heterocycles. The van der Waals surface area contributed by atoms with E-state index < -0.39 is 0 Å². The third-order valence-corrected chi connectivity index (χ3v) is 9.94. The van der Waals surface area contributed by atoms with Crippen molar-refractivity contribution < 1.29 is 14.6 Å². The number of carbonyl (C=O) groups is 1. The highest BCUT2D eigenvalue weighted by atomic mass is 32.2. The molecule has 3 aliphatic heterocycles. The number of anilines is 1. The van der Waals surface area contributed by atoms with Crippen LogP contribution in [0.5, 0.6) is 11.8 Å². The fraction of sp³-hybridized carbons (Fsp3) is 0.406. The van der Waals surface area contributed by atoms with E-state index in [2.05, 4.69) is 24.0 Å². The Balaban J connectivity index is 1.37. The average molecular weight is 555 g/mol. The van der Waals surface area contributed by atoms with Crippen LogP contribution in [0.3, 0.4) is 0 Å². The van der Waals surface area contributed by atoms with Gasteiger partial charge in [-0.15, -0.1) is 0 Å². The van der Waals surface area contributed by atoms with Crippen LogP contribution in [0.2, 0.25) is 0 Å². The highest BCUT2D eigenvalue weighted by molar-refractivity contribution is 7.99. The molecule has 7 rings (SSSR count). The van der Waals surface area contributed by atoms with E-state index in [4.69, 9.17) is 14.7 Å². The van der Waals surface area contributed by atoms with Gasteiger partial charge in [-0.25, -0.2) is 0 Å². The number of nitrogens with zero attached hydrogens (tertiary/aromatic N) is 4. The minimum absolute atomic E-state index is 0.0743. The van der Waals surface area contributed by atoms with E-state index in [0.29, 0.717) is 31.4 Å². The normalized spacial score (nSPS) is 19.3. The Morgan fingerprint density at radius 1 is 0.975 bits per heavy atom. The van der Waals surface area contributed by atoms with Crippen molar-refractivity contribution in [2.24, 2.45) is 0 Å². The number of aromatic nitrogens is 2. The van der Waals surface area contributed by atoms with E-state index in [-0.39, 0.29) is 17.2 Å². The number of hydrogen-bond donors (Lipinski definition) is 1. The molecule has 1 N–H and O–H groups in total. The molecule has 0 spiro atoms. The average Bonchev–Trinajstić information content (AvgIpc) is 3.47. The van der Waals surface area contributed by atoms with Crippen molar-refractivity contribution in [1.82, 2.24) is 14.9 Å². The summed E-state index contributed by atoms with van der Waals surface area (Å²) in [5, 5.41) is 13.4. The smallest absolute Gasteiger partial charge is 0.319 e. The molecule has 4 aromatic rings. The largest absolute Gasteiger partial charge is 0.508 e. The number of aryl methyl sites for hydroxylation is 1. The van der Waals surface area contributed by atoms with Crippen LogP contribution in [0.25, 0.3) is 32.8 Å². The zero-order chi connectivity index (χ0) is 27.3. The number of hydrogen-bond acceptors (Lipinski definition) is 7. The summed E-state index contributed by atoms with van der Waals surface area (Å²) in [6.07, 6.45) is 5.18. The number of ether oxygens (including phenoxy) is 1. The topological polar surface area (TPSA) is 78.8 Å². The zero-order valence-corrected chi connectivity index (χ0v) is 23.7. The van der Waals surface area contributed by atoms with E-state index in [0.717, 1.165) is 75.8 Å². The number of rotatable bonds is 5. The number of benzene rings is 3. The summed E-state index contributed by atoms with van der Waals surface area (Å²) in [5.41, 5.74) is 3.77. The highest BCUT2D eigenvalue weighted by Crippen LogP contribution is 2.41. The van der Waals surface area contributed by atoms with E-state index >= 15 is 0 Å². The lowest BCUT2D eigenvalue weighted by atomic mass is 9.93. The molecule has 206 valence electrons. The maximum atomic E-state index is 13.2. The van der Waals surface area contributed by atoms with Crippen molar-refractivity contribution in [3.05, 3.63) is 54.1 Å². The van der Waals surface area contributed by atoms with Gasteiger partial charge in [-0.05, 0) is 91.4 Å². The summed E-state index contributed by atoms with van der Waals surface area (Å²) in [5.74, 6) is 2.65. The van der Waals surface area contributed by atoms with Gasteiger partial charge in [-0.2, -0.15) is 21.7 Å². The van der Waals surface area contributed by atoms with Crippen molar-refractivity contribution in [2.75, 3.05) is 42.6 Å². The highest BCUT2D eigenvalue weighted by Gasteiger charge is 2.45. The monoisotopic (exact) mass is 554 g/mol. The first-order valence-corrected chi connectivity index (χ1v) is 15.5. The maximum Gasteiger partial charge on any atom is 0.319 e. The maximum absolute atomic E-state index is 13.2. The number of fused-ring (bicyclic) bond motifs is 3. The van der Waals surface area contributed by atoms with Crippen LogP contribution in [-0.2, 0) is 4.79 Å². The molecular formula is C32H34N4O3S. The van der Waals surface area contributed by atoms with Crippen LogP contribution in [0.15, 0.2) is 48.5 Å². The number of carbonyl (C=O) groups excluding carboxylic acids is 1. The third kappa shape index (κ3) is 4.38. The Morgan fingerprint density at radius 3 is 2.65 bits per heavy atom. The van der Waals surface area contributed by atoms with Crippen LogP contribution in [-0.4, -0.2) is 69.2 Å². The molecule has 0 aliphatic carbocycles. The predicted molar refractivity (Wildman–Crippen MR) is 161 cm³/mol. The zero-order valence-electron chi connectivity index (χ0n) is 22.9. The second kappa shape index (κ2) is 10.2. The van der Waals surface area contributed by atoms with E-state index in [1.54, 1.807) is 17.8 Å². The molecule has 1 amide bonds. The summed E-state index contributed by atoms with van der Waals surface area (Å²) in [6.45, 7) is 5.51. The van der Waals surface area contributed by atoms with Gasteiger partial charge >= 0.3 is 6.01 Å². The fourth-order valence-corrected chi connectivity index (χ4v) is 7.77. The molecule has 3 fully saturated rings. The van der Waals surface area contributed by atoms with Crippen molar-refractivity contribution >= 4 is 45.2 Å². The second-order valence-electron chi connectivity index (χ2n) is 11.3. The molecule has 0 atom stereocenters. The van der Waals surface area contributed by atoms with Crippen molar-refractivity contribution in [2.45, 2.75) is 44.6 Å². The summed E-state index contributed by atoms with van der Waals surface area (Å²) in [7, 11) is 0. The molecule has 40 heavy (non-hydrogen) atoms. The Hall–Kier alpha value is -3.36. The molecule has 7 nitrogen and oxygen atoms in total. The van der Waals surface area contributed by atoms with Gasteiger partial charge in [-0.3, -0.25) is 14.6 Å². The van der Waals surface area contributed by atoms with Gasteiger partial charge in [0.15, 0.2) is 0 Å². The summed E-state index contributed by atoms with van der Waals surface area (Å²) < 4.78 is 6.44. The van der Waals surface area contributed by atoms with Crippen LogP contribution in [0.1, 0.15) is 37.7 Å². The number of amides is 1. The Kier molecular flexibility index (Phi) is 6.55. The molecule has 8 heteroatoms. The van der Waals surface area contributed by atoms with Gasteiger partial charge in [0, 0.05) is 29.9 Å². The SMILES string of the molecule is Cc1c(-c2cc(O)cc3ccccc23)ccc2c(N3CCSCCC3=O)nc(OCC34CCCN3CCC4)nc12. The third-order valence-electron chi connectivity index (χ3n) is 8.97.